The highest BCUT2D eigenvalue weighted by Crippen LogP contribution is 2.27. The van der Waals surface area contributed by atoms with Crippen LogP contribution in [0.5, 0.6) is 0 Å². The number of thioether (sulfide) groups is 1. The Labute approximate surface area is 134 Å². The van der Waals surface area contributed by atoms with Gasteiger partial charge in [-0.1, -0.05) is 0 Å². The second-order valence-corrected chi connectivity index (χ2v) is 7.00. The quantitative estimate of drug-likeness (QED) is 0.822. The number of carbonyl (C=O) groups excluding carboxylic acids is 1. The molecule has 1 amide bonds. The maximum Gasteiger partial charge on any atom is 0.329 e. The Morgan fingerprint density at radius 3 is 2.67 bits per heavy atom. The van der Waals surface area contributed by atoms with E-state index in [0.29, 0.717) is 28.8 Å². The predicted molar refractivity (Wildman–Crippen MR) is 83.5 cm³/mol. The molecule has 1 saturated heterocycles. The lowest BCUT2D eigenvalue weighted by molar-refractivity contribution is -0.148. The van der Waals surface area contributed by atoms with Crippen molar-refractivity contribution in [1.82, 2.24) is 9.88 Å². The molecule has 0 aromatic carbocycles. The topological polar surface area (TPSA) is 88.4 Å². The van der Waals surface area contributed by atoms with Gasteiger partial charge >= 0.3 is 5.97 Å². The molecule has 0 radical (unpaired) electrons. The molecule has 2 heterocycles. The van der Waals surface area contributed by atoms with Gasteiger partial charge < -0.3 is 15.0 Å². The lowest BCUT2D eigenvalue weighted by Gasteiger charge is -2.33. The number of nitrogens with zero attached hydrogens (tertiary/aromatic N) is 1. The Balaban J connectivity index is 2.11. The maximum atomic E-state index is 12.1. The fourth-order valence-corrected chi connectivity index (χ4v) is 3.77. The van der Waals surface area contributed by atoms with Crippen molar-refractivity contribution >= 4 is 39.6 Å². The third-order valence-electron chi connectivity index (χ3n) is 3.40. The van der Waals surface area contributed by atoms with Crippen LogP contribution in [0.15, 0.2) is 27.6 Å². The van der Waals surface area contributed by atoms with Crippen molar-refractivity contribution in [2.45, 2.75) is 24.9 Å². The Morgan fingerprint density at radius 2 is 2.05 bits per heavy atom. The smallest absolute Gasteiger partial charge is 0.329 e. The van der Waals surface area contributed by atoms with Gasteiger partial charge in [-0.05, 0) is 46.3 Å². The molecule has 1 aliphatic rings. The van der Waals surface area contributed by atoms with Gasteiger partial charge in [-0.3, -0.25) is 9.59 Å². The van der Waals surface area contributed by atoms with Crippen molar-refractivity contribution in [1.29, 1.82) is 0 Å². The summed E-state index contributed by atoms with van der Waals surface area (Å²) in [7, 11) is 0. The van der Waals surface area contributed by atoms with E-state index in [1.54, 1.807) is 17.8 Å². The van der Waals surface area contributed by atoms with Gasteiger partial charge in [-0.15, -0.1) is 0 Å². The number of nitrogens with one attached hydrogen (secondary N) is 1. The minimum absolute atomic E-state index is 0.194. The van der Waals surface area contributed by atoms with Crippen LogP contribution in [0, 0.1) is 0 Å². The molecule has 2 N–H and O–H groups in total. The Bertz CT molecular complexity index is 610. The van der Waals surface area contributed by atoms with Crippen LogP contribution in [-0.4, -0.2) is 38.6 Å². The minimum Gasteiger partial charge on any atom is -0.480 e. The number of rotatable bonds is 4. The fraction of sp³-hybridized carbons (Fsp3) is 0.462. The first-order valence-electron chi connectivity index (χ1n) is 6.41. The van der Waals surface area contributed by atoms with Crippen molar-refractivity contribution in [2.75, 3.05) is 11.5 Å². The first-order valence-corrected chi connectivity index (χ1v) is 8.36. The molecular weight excluding hydrogens is 360 g/mol. The molecule has 21 heavy (non-hydrogen) atoms. The number of amides is 1. The number of carboxylic acid groups (broad SMARTS) is 1. The monoisotopic (exact) mass is 374 g/mol. The second-order valence-electron chi connectivity index (χ2n) is 4.86. The minimum atomic E-state index is -1.21. The number of carboxylic acids is 1. The molecule has 2 rings (SSSR count). The fourth-order valence-electron chi connectivity index (χ4n) is 2.20. The Hall–Kier alpha value is -1.28. The van der Waals surface area contributed by atoms with Crippen molar-refractivity contribution in [3.8, 4) is 0 Å². The summed E-state index contributed by atoms with van der Waals surface area (Å²) in [4.78, 5) is 35.2. The molecule has 8 heteroatoms. The summed E-state index contributed by atoms with van der Waals surface area (Å²) in [5.41, 5.74) is -1.52. The van der Waals surface area contributed by atoms with E-state index in [4.69, 9.17) is 0 Å². The van der Waals surface area contributed by atoms with E-state index in [2.05, 4.69) is 21.2 Å². The number of halogens is 1. The van der Waals surface area contributed by atoms with Gasteiger partial charge in [0.1, 0.15) is 12.1 Å². The first-order chi connectivity index (χ1) is 9.93. The average Bonchev–Trinajstić information content (AvgIpc) is 2.43. The van der Waals surface area contributed by atoms with Crippen molar-refractivity contribution in [3.05, 3.63) is 33.2 Å². The standard InChI is InChI=1S/C13H15BrN2O4S/c14-9-1-2-11(18)16(7-9)8-10(17)15-13(12(19)20)3-5-21-6-4-13/h1-2,7H,3-6,8H2,(H,15,17)(H,19,20). The molecule has 114 valence electrons. The van der Waals surface area contributed by atoms with Gasteiger partial charge in [0.15, 0.2) is 0 Å². The first kappa shape index (κ1) is 16.1. The SMILES string of the molecule is O=C(Cn1cc(Br)ccc1=O)NC1(C(=O)O)CCSCC1. The van der Waals surface area contributed by atoms with Crippen molar-refractivity contribution in [3.63, 3.8) is 0 Å². The zero-order chi connectivity index (χ0) is 15.5. The number of hydrogen-bond donors (Lipinski definition) is 2. The third kappa shape index (κ3) is 3.88. The van der Waals surface area contributed by atoms with E-state index >= 15 is 0 Å². The van der Waals surface area contributed by atoms with E-state index in [-0.39, 0.29) is 12.1 Å². The van der Waals surface area contributed by atoms with Crippen LogP contribution < -0.4 is 10.9 Å². The molecule has 0 aliphatic carbocycles. The normalized spacial score (nSPS) is 17.2. The molecule has 6 nitrogen and oxygen atoms in total. The molecule has 0 atom stereocenters. The molecule has 0 spiro atoms. The number of pyridine rings is 1. The summed E-state index contributed by atoms with van der Waals surface area (Å²) in [5, 5.41) is 12.0. The molecule has 0 unspecified atom stereocenters. The summed E-state index contributed by atoms with van der Waals surface area (Å²) < 4.78 is 1.92. The molecule has 0 saturated carbocycles. The summed E-state index contributed by atoms with van der Waals surface area (Å²) in [6, 6.07) is 2.94. The van der Waals surface area contributed by atoms with Crippen LogP contribution in [0.4, 0.5) is 0 Å². The summed E-state index contributed by atoms with van der Waals surface area (Å²) in [6.45, 7) is -0.194. The maximum absolute atomic E-state index is 12.1. The van der Waals surface area contributed by atoms with Crippen LogP contribution in [0.2, 0.25) is 0 Å². The van der Waals surface area contributed by atoms with E-state index in [0.717, 1.165) is 0 Å². The van der Waals surface area contributed by atoms with Gasteiger partial charge in [0, 0.05) is 16.7 Å². The molecule has 1 aliphatic heterocycles. The average molecular weight is 375 g/mol. The van der Waals surface area contributed by atoms with Crippen molar-refractivity contribution < 1.29 is 14.7 Å². The zero-order valence-electron chi connectivity index (χ0n) is 11.2. The van der Waals surface area contributed by atoms with Gasteiger partial charge in [0.25, 0.3) is 5.56 Å². The molecular formula is C13H15BrN2O4S. The van der Waals surface area contributed by atoms with Gasteiger partial charge in [0.2, 0.25) is 5.91 Å². The van der Waals surface area contributed by atoms with E-state index < -0.39 is 17.4 Å². The highest BCUT2D eigenvalue weighted by Gasteiger charge is 2.41. The molecule has 1 aromatic rings. The molecule has 0 bridgehead atoms. The molecule has 1 aromatic heterocycles. The number of carbonyl (C=O) groups is 2. The van der Waals surface area contributed by atoms with E-state index in [1.165, 1.54) is 16.8 Å². The van der Waals surface area contributed by atoms with Gasteiger partial charge in [0.05, 0.1) is 0 Å². The van der Waals surface area contributed by atoms with Crippen LogP contribution in [0.25, 0.3) is 0 Å². The Morgan fingerprint density at radius 1 is 1.38 bits per heavy atom. The number of aliphatic carboxylic acids is 1. The second kappa shape index (κ2) is 6.65. The highest BCUT2D eigenvalue weighted by molar-refractivity contribution is 9.10. The van der Waals surface area contributed by atoms with Crippen LogP contribution in [-0.2, 0) is 16.1 Å². The van der Waals surface area contributed by atoms with Gasteiger partial charge in [-0.2, -0.15) is 11.8 Å². The number of aromatic nitrogens is 1. The summed E-state index contributed by atoms with van der Waals surface area (Å²) in [5.74, 6) is -0.0884. The lowest BCUT2D eigenvalue weighted by Crippen LogP contribution is -2.57. The van der Waals surface area contributed by atoms with E-state index in [9.17, 15) is 19.5 Å². The summed E-state index contributed by atoms with van der Waals surface area (Å²) in [6.07, 6.45) is 2.30. The van der Waals surface area contributed by atoms with Crippen LogP contribution in [0.1, 0.15) is 12.8 Å². The van der Waals surface area contributed by atoms with E-state index in [1.807, 2.05) is 0 Å². The zero-order valence-corrected chi connectivity index (χ0v) is 13.6. The molecule has 1 fully saturated rings. The van der Waals surface area contributed by atoms with Gasteiger partial charge in [-0.25, -0.2) is 4.79 Å². The largest absolute Gasteiger partial charge is 0.480 e. The predicted octanol–water partition coefficient (Wildman–Crippen LogP) is 1.08. The third-order valence-corrected chi connectivity index (χ3v) is 4.85. The summed E-state index contributed by atoms with van der Waals surface area (Å²) >= 11 is 4.90. The Kier molecular flexibility index (Phi) is 5.10. The number of hydrogen-bond acceptors (Lipinski definition) is 4. The van der Waals surface area contributed by atoms with Crippen LogP contribution >= 0.6 is 27.7 Å². The van der Waals surface area contributed by atoms with Crippen molar-refractivity contribution in [2.24, 2.45) is 0 Å². The van der Waals surface area contributed by atoms with Crippen LogP contribution in [0.3, 0.4) is 0 Å². The highest BCUT2D eigenvalue weighted by atomic mass is 79.9. The lowest BCUT2D eigenvalue weighted by atomic mass is 9.92.